The third kappa shape index (κ3) is 2.87. The van der Waals surface area contributed by atoms with Crippen LogP contribution < -0.4 is 20.8 Å². The van der Waals surface area contributed by atoms with Crippen LogP contribution in [0.1, 0.15) is 35.1 Å². The van der Waals surface area contributed by atoms with Gasteiger partial charge < -0.3 is 10.5 Å². The number of amides is 4. The number of carbonyl (C=O) groups is 3. The highest BCUT2D eigenvalue weighted by Crippen LogP contribution is 2.63. The van der Waals surface area contributed by atoms with Crippen molar-refractivity contribution in [1.82, 2.24) is 5.43 Å². The second-order valence-electron chi connectivity index (χ2n) is 9.20. The van der Waals surface area contributed by atoms with Gasteiger partial charge in [0.05, 0.1) is 29.5 Å². The predicted molar refractivity (Wildman–Crippen MR) is 134 cm³/mol. The fourth-order valence-corrected chi connectivity index (χ4v) is 6.36. The van der Waals surface area contributed by atoms with Crippen molar-refractivity contribution in [2.75, 3.05) is 11.5 Å². The molecule has 0 unspecified atom stereocenters. The largest absolute Gasteiger partial charge is 0.494 e. The molecule has 36 heavy (non-hydrogen) atoms. The van der Waals surface area contributed by atoms with Gasteiger partial charge in [0.1, 0.15) is 5.75 Å². The van der Waals surface area contributed by atoms with Gasteiger partial charge in [-0.15, -0.1) is 0 Å². The molecule has 8 heteroatoms. The zero-order chi connectivity index (χ0) is 25.0. The first-order valence-corrected chi connectivity index (χ1v) is 11.9. The molecule has 0 radical (unpaired) electrons. The Morgan fingerprint density at radius 1 is 1.00 bits per heavy atom. The summed E-state index contributed by atoms with van der Waals surface area (Å²) in [5.41, 5.74) is 10.8. The van der Waals surface area contributed by atoms with Crippen molar-refractivity contribution in [3.05, 3.63) is 95.1 Å². The minimum Gasteiger partial charge on any atom is -0.494 e. The van der Waals surface area contributed by atoms with E-state index in [1.54, 1.807) is 30.5 Å². The quantitative estimate of drug-likeness (QED) is 0.331. The molecule has 3 aromatic carbocycles. The van der Waals surface area contributed by atoms with Crippen LogP contribution in [-0.4, -0.2) is 30.7 Å². The maximum absolute atomic E-state index is 14.2. The van der Waals surface area contributed by atoms with Gasteiger partial charge in [-0.05, 0) is 53.4 Å². The Balaban J connectivity index is 1.57. The molecule has 7 rings (SSSR count). The number of urea groups is 1. The van der Waals surface area contributed by atoms with Gasteiger partial charge in [-0.25, -0.2) is 15.1 Å². The van der Waals surface area contributed by atoms with E-state index >= 15 is 0 Å². The molecule has 2 bridgehead atoms. The van der Waals surface area contributed by atoms with Gasteiger partial charge in [-0.1, -0.05) is 48.5 Å². The first-order chi connectivity index (χ1) is 17.5. The lowest BCUT2D eigenvalue weighted by molar-refractivity contribution is -0.122. The molecule has 3 N–H and O–H groups in total. The van der Waals surface area contributed by atoms with E-state index in [-0.39, 0.29) is 17.7 Å². The second kappa shape index (κ2) is 8.05. The number of hydrogen-bond acceptors (Lipinski definition) is 5. The van der Waals surface area contributed by atoms with Gasteiger partial charge in [-0.3, -0.25) is 9.59 Å². The lowest BCUT2D eigenvalue weighted by Crippen LogP contribution is -2.54. The van der Waals surface area contributed by atoms with E-state index in [0.29, 0.717) is 18.0 Å². The summed E-state index contributed by atoms with van der Waals surface area (Å²) in [5, 5.41) is 4.16. The van der Waals surface area contributed by atoms with Crippen molar-refractivity contribution in [2.45, 2.75) is 18.3 Å². The molecular weight excluding hydrogens is 456 g/mol. The molecule has 3 aromatic rings. The normalized spacial score (nSPS) is 25.5. The number of benzene rings is 3. The number of ether oxygens (including phenoxy) is 1. The minimum absolute atomic E-state index is 0.246. The number of primary amides is 1. The lowest BCUT2D eigenvalue weighted by atomic mass is 9.47. The van der Waals surface area contributed by atoms with Crippen LogP contribution in [0.4, 0.5) is 10.5 Å². The third-order valence-corrected chi connectivity index (χ3v) is 7.53. The first kappa shape index (κ1) is 22.0. The van der Waals surface area contributed by atoms with Gasteiger partial charge >= 0.3 is 6.03 Å². The molecule has 180 valence electrons. The van der Waals surface area contributed by atoms with Crippen LogP contribution in [0.5, 0.6) is 5.75 Å². The van der Waals surface area contributed by atoms with E-state index < -0.39 is 23.3 Å². The van der Waals surface area contributed by atoms with Crippen LogP contribution >= 0.6 is 0 Å². The van der Waals surface area contributed by atoms with Crippen LogP contribution in [0.15, 0.2) is 77.9 Å². The van der Waals surface area contributed by atoms with Crippen molar-refractivity contribution in [3.63, 3.8) is 0 Å². The maximum Gasteiger partial charge on any atom is 0.332 e. The number of nitrogens with zero attached hydrogens (tertiary/aromatic N) is 2. The molecule has 0 saturated carbocycles. The van der Waals surface area contributed by atoms with Crippen LogP contribution in [-0.2, 0) is 15.0 Å². The summed E-state index contributed by atoms with van der Waals surface area (Å²) < 4.78 is 5.53. The number of nitrogens with two attached hydrogens (primary N) is 1. The highest BCUT2D eigenvalue weighted by atomic mass is 16.5. The molecule has 1 aliphatic heterocycles. The summed E-state index contributed by atoms with van der Waals surface area (Å²) in [7, 11) is 0. The molecule has 1 fully saturated rings. The van der Waals surface area contributed by atoms with Crippen molar-refractivity contribution in [2.24, 2.45) is 22.7 Å². The van der Waals surface area contributed by atoms with Crippen LogP contribution in [0, 0.1) is 11.8 Å². The average Bonchev–Trinajstić information content (AvgIpc) is 3.16. The number of hydrazone groups is 1. The SMILES string of the molecule is CCOc1ccc(N2C(=O)[C@@H]3C4c5ccccc5C(/C=N\NC(N)=O)(c5ccccc54)[C@@H]3C2=O)cc1. The second-order valence-corrected chi connectivity index (χ2v) is 9.20. The Bertz CT molecular complexity index is 1380. The molecule has 8 nitrogen and oxygen atoms in total. The molecule has 3 aliphatic carbocycles. The van der Waals surface area contributed by atoms with Crippen molar-refractivity contribution in [3.8, 4) is 5.75 Å². The summed E-state index contributed by atoms with van der Waals surface area (Å²) in [4.78, 5) is 40.9. The highest BCUT2D eigenvalue weighted by Gasteiger charge is 2.68. The van der Waals surface area contributed by atoms with Gasteiger partial charge in [0.15, 0.2) is 0 Å². The predicted octanol–water partition coefficient (Wildman–Crippen LogP) is 3.29. The number of rotatable bonds is 5. The van der Waals surface area contributed by atoms with E-state index in [9.17, 15) is 14.4 Å². The Kier molecular flexibility index (Phi) is 4.93. The number of hydrogen-bond donors (Lipinski definition) is 2. The maximum atomic E-state index is 14.2. The van der Waals surface area contributed by atoms with E-state index in [0.717, 1.165) is 22.3 Å². The summed E-state index contributed by atoms with van der Waals surface area (Å²) in [6, 6.07) is 21.8. The molecule has 4 amide bonds. The van der Waals surface area contributed by atoms with E-state index in [2.05, 4.69) is 10.5 Å². The highest BCUT2D eigenvalue weighted by molar-refractivity contribution is 6.25. The topological polar surface area (TPSA) is 114 Å². The molecule has 1 saturated heterocycles. The van der Waals surface area contributed by atoms with E-state index in [1.807, 2.05) is 55.5 Å². The van der Waals surface area contributed by atoms with Crippen LogP contribution in [0.2, 0.25) is 0 Å². The van der Waals surface area contributed by atoms with Gasteiger partial charge in [0.25, 0.3) is 0 Å². The minimum atomic E-state index is -1.05. The standard InChI is InChI=1S/C28H24N4O4/c1-2-36-17-13-11-16(12-14-17)32-25(33)23-22-18-7-3-5-9-20(18)28(24(23)26(32)34,15-30-31-27(29)35)21-10-6-4-8-19(21)22/h3-15,22-24H,2H2,1H3,(H3,29,31,35)/b30-15-/t22?,23-,24+,28?/m1/s1. The Morgan fingerprint density at radius 2 is 1.61 bits per heavy atom. The fraction of sp³-hybridized carbons (Fsp3) is 0.214. The molecule has 2 atom stereocenters. The van der Waals surface area contributed by atoms with Crippen LogP contribution in [0.3, 0.4) is 0 Å². The number of imide groups is 1. The number of carbonyl (C=O) groups excluding carboxylic acids is 3. The summed E-state index contributed by atoms with van der Waals surface area (Å²) in [6.45, 7) is 2.41. The number of anilines is 1. The smallest absolute Gasteiger partial charge is 0.332 e. The number of nitrogens with one attached hydrogen (secondary N) is 1. The van der Waals surface area contributed by atoms with Crippen LogP contribution in [0.25, 0.3) is 0 Å². The van der Waals surface area contributed by atoms with Gasteiger partial charge in [-0.2, -0.15) is 5.10 Å². The summed E-state index contributed by atoms with van der Waals surface area (Å²) in [5.74, 6) is -1.50. The molecule has 0 spiro atoms. The summed E-state index contributed by atoms with van der Waals surface area (Å²) in [6.07, 6.45) is 1.58. The van der Waals surface area contributed by atoms with Crippen molar-refractivity contribution in [1.29, 1.82) is 0 Å². The van der Waals surface area contributed by atoms with E-state index in [1.165, 1.54) is 4.90 Å². The Morgan fingerprint density at radius 3 is 2.19 bits per heavy atom. The monoisotopic (exact) mass is 480 g/mol. The van der Waals surface area contributed by atoms with Crippen molar-refractivity contribution >= 4 is 29.7 Å². The zero-order valence-corrected chi connectivity index (χ0v) is 19.5. The third-order valence-electron chi connectivity index (χ3n) is 7.53. The van der Waals surface area contributed by atoms with Gasteiger partial charge in [0, 0.05) is 12.1 Å². The Hall–Kier alpha value is -4.46. The zero-order valence-electron chi connectivity index (χ0n) is 19.5. The molecular formula is C28H24N4O4. The molecule has 4 aliphatic rings. The fourth-order valence-electron chi connectivity index (χ4n) is 6.36. The average molecular weight is 481 g/mol. The Labute approximate surface area is 207 Å². The first-order valence-electron chi connectivity index (χ1n) is 11.9. The lowest BCUT2D eigenvalue weighted by Gasteiger charge is -2.52. The van der Waals surface area contributed by atoms with Gasteiger partial charge in [0.2, 0.25) is 11.8 Å². The van der Waals surface area contributed by atoms with E-state index in [4.69, 9.17) is 10.5 Å². The molecule has 0 aromatic heterocycles. The molecule has 1 heterocycles. The summed E-state index contributed by atoms with van der Waals surface area (Å²) >= 11 is 0. The van der Waals surface area contributed by atoms with Crippen molar-refractivity contribution < 1.29 is 19.1 Å².